The van der Waals surface area contributed by atoms with E-state index >= 15 is 0 Å². The zero-order valence-corrected chi connectivity index (χ0v) is 15.5. The number of benzene rings is 3. The molecule has 0 bridgehead atoms. The number of hydrogen-bond donors (Lipinski definition) is 0. The molecule has 0 spiro atoms. The summed E-state index contributed by atoms with van der Waals surface area (Å²) in [6.45, 7) is 0.444. The highest BCUT2D eigenvalue weighted by molar-refractivity contribution is 5.82. The van der Waals surface area contributed by atoms with Gasteiger partial charge < -0.3 is 14.0 Å². The lowest BCUT2D eigenvalue weighted by atomic mass is 10.2. The molecule has 3 aromatic carbocycles. The molecule has 0 unspecified atom stereocenters. The summed E-state index contributed by atoms with van der Waals surface area (Å²) >= 11 is 0. The van der Waals surface area contributed by atoms with Crippen LogP contribution in [0.4, 0.5) is 13.2 Å². The Morgan fingerprint density at radius 1 is 0.897 bits per heavy atom. The molecule has 4 nitrogen and oxygen atoms in total. The van der Waals surface area contributed by atoms with Crippen LogP contribution in [0.3, 0.4) is 0 Å². The average Bonchev–Trinajstić information content (AvgIpc) is 3.06. The molecule has 0 aliphatic carbocycles. The van der Waals surface area contributed by atoms with Gasteiger partial charge in [-0.3, -0.25) is 0 Å². The molecule has 0 saturated carbocycles. The van der Waals surface area contributed by atoms with E-state index in [9.17, 15) is 13.2 Å². The minimum Gasteiger partial charge on any atom is -0.497 e. The van der Waals surface area contributed by atoms with Crippen molar-refractivity contribution in [3.8, 4) is 22.9 Å². The van der Waals surface area contributed by atoms with Crippen LogP contribution in [0, 0.1) is 0 Å². The van der Waals surface area contributed by atoms with Gasteiger partial charge in [0.1, 0.15) is 17.3 Å². The molecule has 29 heavy (non-hydrogen) atoms. The van der Waals surface area contributed by atoms with Gasteiger partial charge in [0.05, 0.1) is 18.1 Å². The summed E-state index contributed by atoms with van der Waals surface area (Å²) in [4.78, 5) is 4.76. The van der Waals surface area contributed by atoms with Crippen LogP contribution in [0.5, 0.6) is 11.5 Å². The van der Waals surface area contributed by atoms with E-state index < -0.39 is 6.36 Å². The van der Waals surface area contributed by atoms with E-state index in [4.69, 9.17) is 9.72 Å². The van der Waals surface area contributed by atoms with Crippen LogP contribution in [-0.2, 0) is 6.54 Å². The second-order valence-electron chi connectivity index (χ2n) is 6.43. The first-order valence-electron chi connectivity index (χ1n) is 8.87. The van der Waals surface area contributed by atoms with Gasteiger partial charge >= 0.3 is 6.36 Å². The molecule has 0 amide bonds. The maximum absolute atomic E-state index is 12.4. The molecule has 0 fully saturated rings. The molecule has 4 rings (SSSR count). The number of nitrogens with zero attached hydrogens (tertiary/aromatic N) is 2. The van der Waals surface area contributed by atoms with E-state index in [-0.39, 0.29) is 5.75 Å². The maximum atomic E-state index is 12.4. The Labute approximate surface area is 165 Å². The van der Waals surface area contributed by atoms with E-state index in [1.54, 1.807) is 19.2 Å². The third-order valence-corrected chi connectivity index (χ3v) is 4.49. The van der Waals surface area contributed by atoms with Crippen molar-refractivity contribution in [2.45, 2.75) is 12.9 Å². The zero-order chi connectivity index (χ0) is 20.4. The number of rotatable bonds is 5. The van der Waals surface area contributed by atoms with Crippen LogP contribution in [0.25, 0.3) is 22.4 Å². The molecule has 148 valence electrons. The predicted octanol–water partition coefficient (Wildman–Crippen LogP) is 5.66. The van der Waals surface area contributed by atoms with Gasteiger partial charge in [-0.2, -0.15) is 0 Å². The van der Waals surface area contributed by atoms with E-state index in [0.29, 0.717) is 12.3 Å². The highest BCUT2D eigenvalue weighted by atomic mass is 19.4. The summed E-state index contributed by atoms with van der Waals surface area (Å²) in [5, 5.41) is 0. The molecular formula is C22H17F3N2O2. The van der Waals surface area contributed by atoms with Gasteiger partial charge in [-0.25, -0.2) is 4.98 Å². The van der Waals surface area contributed by atoms with Gasteiger partial charge in [0, 0.05) is 18.2 Å². The van der Waals surface area contributed by atoms with E-state index in [0.717, 1.165) is 28.0 Å². The fourth-order valence-corrected chi connectivity index (χ4v) is 3.18. The summed E-state index contributed by atoms with van der Waals surface area (Å²) in [6, 6.07) is 21.2. The molecular weight excluding hydrogens is 381 g/mol. The van der Waals surface area contributed by atoms with E-state index in [2.05, 4.69) is 4.74 Å². The molecule has 0 atom stereocenters. The largest absolute Gasteiger partial charge is 0.573 e. The second-order valence-corrected chi connectivity index (χ2v) is 6.43. The van der Waals surface area contributed by atoms with Gasteiger partial charge in [-0.15, -0.1) is 13.2 Å². The molecule has 0 saturated heterocycles. The van der Waals surface area contributed by atoms with Gasteiger partial charge in [0.15, 0.2) is 0 Å². The number of imidazole rings is 1. The minimum atomic E-state index is -4.71. The molecule has 0 aliphatic rings. The van der Waals surface area contributed by atoms with Gasteiger partial charge in [0.25, 0.3) is 0 Å². The highest BCUT2D eigenvalue weighted by Crippen LogP contribution is 2.29. The first-order chi connectivity index (χ1) is 13.9. The fraction of sp³-hybridized carbons (Fsp3) is 0.136. The first-order valence-corrected chi connectivity index (χ1v) is 8.87. The van der Waals surface area contributed by atoms with Crippen molar-refractivity contribution < 1.29 is 22.6 Å². The van der Waals surface area contributed by atoms with Crippen molar-refractivity contribution in [2.75, 3.05) is 7.11 Å². The number of methoxy groups -OCH3 is 1. The number of ether oxygens (including phenoxy) is 2. The minimum absolute atomic E-state index is 0.246. The van der Waals surface area contributed by atoms with Crippen molar-refractivity contribution >= 4 is 11.0 Å². The summed E-state index contributed by atoms with van der Waals surface area (Å²) < 4.78 is 48.4. The monoisotopic (exact) mass is 398 g/mol. The third-order valence-electron chi connectivity index (χ3n) is 4.49. The fourth-order valence-electron chi connectivity index (χ4n) is 3.18. The van der Waals surface area contributed by atoms with Crippen molar-refractivity contribution in [3.63, 3.8) is 0 Å². The van der Waals surface area contributed by atoms with Crippen LogP contribution < -0.4 is 9.47 Å². The average molecular weight is 398 g/mol. The summed E-state index contributed by atoms with van der Waals surface area (Å²) in [5.74, 6) is 1.23. The summed E-state index contributed by atoms with van der Waals surface area (Å²) in [7, 11) is 1.60. The zero-order valence-electron chi connectivity index (χ0n) is 15.5. The van der Waals surface area contributed by atoms with Gasteiger partial charge in [-0.05, 0) is 29.8 Å². The molecule has 0 aliphatic heterocycles. The normalized spacial score (nSPS) is 11.6. The van der Waals surface area contributed by atoms with Crippen molar-refractivity contribution in [2.24, 2.45) is 0 Å². The SMILES string of the molecule is COc1ccc2c(c1)nc(-c1ccccc1)n2Cc1ccc(OC(F)(F)F)cc1. The van der Waals surface area contributed by atoms with Gasteiger partial charge in [0.2, 0.25) is 0 Å². The number of hydrogen-bond acceptors (Lipinski definition) is 3. The van der Waals surface area contributed by atoms with Crippen LogP contribution in [-0.4, -0.2) is 23.0 Å². The Morgan fingerprint density at radius 3 is 2.24 bits per heavy atom. The first kappa shape index (κ1) is 18.9. The summed E-state index contributed by atoms with van der Waals surface area (Å²) in [5.41, 5.74) is 3.45. The van der Waals surface area contributed by atoms with Crippen molar-refractivity contribution in [1.29, 1.82) is 0 Å². The number of fused-ring (bicyclic) bond motifs is 1. The molecule has 0 N–H and O–H groups in total. The van der Waals surface area contributed by atoms with Crippen molar-refractivity contribution in [3.05, 3.63) is 78.4 Å². The van der Waals surface area contributed by atoms with Crippen LogP contribution in [0.15, 0.2) is 72.8 Å². The number of halogens is 3. The third kappa shape index (κ3) is 4.18. The smallest absolute Gasteiger partial charge is 0.497 e. The molecule has 0 radical (unpaired) electrons. The molecule has 7 heteroatoms. The quantitative estimate of drug-likeness (QED) is 0.435. The summed E-state index contributed by atoms with van der Waals surface area (Å²) in [6.07, 6.45) is -4.71. The lowest BCUT2D eigenvalue weighted by Crippen LogP contribution is -2.17. The lowest BCUT2D eigenvalue weighted by Gasteiger charge is -2.12. The maximum Gasteiger partial charge on any atom is 0.573 e. The Balaban J connectivity index is 1.74. The Hall–Kier alpha value is -3.48. The molecule has 1 heterocycles. The van der Waals surface area contributed by atoms with Crippen LogP contribution in [0.1, 0.15) is 5.56 Å². The molecule has 1 aromatic heterocycles. The number of alkyl halides is 3. The topological polar surface area (TPSA) is 36.3 Å². The Kier molecular flexibility index (Phi) is 4.88. The Morgan fingerprint density at radius 2 is 1.59 bits per heavy atom. The standard InChI is InChI=1S/C22H17F3N2O2/c1-28-18-11-12-20-19(13-18)26-21(16-5-3-2-4-6-16)27(20)14-15-7-9-17(10-8-15)29-22(23,24)25/h2-13H,14H2,1H3. The van der Waals surface area contributed by atoms with E-state index in [1.807, 2.05) is 53.1 Å². The Bertz CT molecular complexity index is 1120. The van der Waals surface area contributed by atoms with Crippen LogP contribution >= 0.6 is 0 Å². The van der Waals surface area contributed by atoms with Crippen molar-refractivity contribution in [1.82, 2.24) is 9.55 Å². The highest BCUT2D eigenvalue weighted by Gasteiger charge is 2.31. The molecule has 4 aromatic rings. The second kappa shape index (κ2) is 7.50. The predicted molar refractivity (Wildman–Crippen MR) is 104 cm³/mol. The van der Waals surface area contributed by atoms with Crippen LogP contribution in [0.2, 0.25) is 0 Å². The van der Waals surface area contributed by atoms with E-state index in [1.165, 1.54) is 12.1 Å². The lowest BCUT2D eigenvalue weighted by molar-refractivity contribution is -0.274. The number of aromatic nitrogens is 2. The van der Waals surface area contributed by atoms with Gasteiger partial charge in [-0.1, -0.05) is 42.5 Å².